The van der Waals surface area contributed by atoms with E-state index in [1.165, 1.54) is 6.42 Å². The van der Waals surface area contributed by atoms with Crippen LogP contribution >= 0.6 is 0 Å². The molecule has 2 heteroatoms. The Morgan fingerprint density at radius 3 is 2.06 bits per heavy atom. The third kappa shape index (κ3) is 2.04. The van der Waals surface area contributed by atoms with Crippen LogP contribution in [0.3, 0.4) is 0 Å². The largest absolute Gasteiger partial charge is 0.346 e. The van der Waals surface area contributed by atoms with Crippen LogP contribution in [0.15, 0.2) is 0 Å². The quantitative estimate of drug-likeness (QED) is 0.722. The maximum atomic E-state index is 6.27. The maximum Gasteiger partial charge on any atom is 0.162 e. The first-order valence-electron chi connectivity index (χ1n) is 7.11. The molecule has 17 heavy (non-hydrogen) atoms. The molecule has 0 unspecified atom stereocenters. The third-order valence-corrected chi connectivity index (χ3v) is 5.29. The van der Waals surface area contributed by atoms with Crippen molar-refractivity contribution in [2.45, 2.75) is 84.7 Å². The van der Waals surface area contributed by atoms with E-state index in [0.29, 0.717) is 5.92 Å². The molecule has 2 nitrogen and oxygen atoms in total. The lowest BCUT2D eigenvalue weighted by Crippen LogP contribution is -2.41. The monoisotopic (exact) mass is 240 g/mol. The van der Waals surface area contributed by atoms with Crippen molar-refractivity contribution in [3.63, 3.8) is 0 Å². The number of fused-ring (bicyclic) bond motifs is 1. The Labute approximate surface area is 106 Å². The summed E-state index contributed by atoms with van der Waals surface area (Å²) in [4.78, 5) is 0. The highest BCUT2D eigenvalue weighted by molar-refractivity contribution is 5.01. The average Bonchev–Trinajstić information content (AvgIpc) is 2.69. The molecule has 2 aliphatic rings. The normalized spacial score (nSPS) is 40.6. The molecular formula is C15H28O2. The lowest BCUT2D eigenvalue weighted by molar-refractivity contribution is -0.218. The minimum Gasteiger partial charge on any atom is -0.346 e. The summed E-state index contributed by atoms with van der Waals surface area (Å²) in [6, 6.07) is 0. The zero-order valence-corrected chi connectivity index (χ0v) is 12.3. The first-order valence-corrected chi connectivity index (χ1v) is 7.11. The minimum atomic E-state index is -0.0318. The Hall–Kier alpha value is -0.0800. The molecule has 2 heterocycles. The van der Waals surface area contributed by atoms with Crippen molar-refractivity contribution in [2.24, 2.45) is 11.3 Å². The van der Waals surface area contributed by atoms with Crippen molar-refractivity contribution in [1.82, 2.24) is 0 Å². The molecule has 100 valence electrons. The summed E-state index contributed by atoms with van der Waals surface area (Å²) in [5.41, 5.74) is 0.242. The molecular weight excluding hydrogens is 212 g/mol. The smallest absolute Gasteiger partial charge is 0.162 e. The van der Waals surface area contributed by atoms with Crippen molar-refractivity contribution in [3.8, 4) is 0 Å². The van der Waals surface area contributed by atoms with Gasteiger partial charge in [0.25, 0.3) is 0 Å². The van der Waals surface area contributed by atoms with Crippen LogP contribution in [0.25, 0.3) is 0 Å². The predicted octanol–water partition coefficient (Wildman–Crippen LogP) is 4.13. The zero-order chi connectivity index (χ0) is 12.9. The van der Waals surface area contributed by atoms with E-state index in [1.807, 2.05) is 0 Å². The third-order valence-electron chi connectivity index (χ3n) is 5.29. The Bertz CT molecular complexity index is 270. The van der Waals surface area contributed by atoms with Crippen LogP contribution in [0.4, 0.5) is 0 Å². The first-order chi connectivity index (χ1) is 7.75. The van der Waals surface area contributed by atoms with Crippen LogP contribution in [0.1, 0.15) is 67.2 Å². The van der Waals surface area contributed by atoms with Gasteiger partial charge in [-0.25, -0.2) is 0 Å². The minimum absolute atomic E-state index is 0.0318. The molecule has 2 rings (SSSR count). The standard InChI is InChI=1S/C15H28O2/c1-7-15(8-2)10-11-9-14(6,13(3,4)5)16-12(11)17-15/h11-12H,7-10H2,1-6H3/t11-,12+,14+/m0/s1. The van der Waals surface area contributed by atoms with Crippen molar-refractivity contribution in [2.75, 3.05) is 0 Å². The summed E-state index contributed by atoms with van der Waals surface area (Å²) in [6.45, 7) is 13.5. The molecule has 2 fully saturated rings. The molecule has 0 saturated carbocycles. The Morgan fingerprint density at radius 1 is 1.06 bits per heavy atom. The number of hydrogen-bond donors (Lipinski definition) is 0. The van der Waals surface area contributed by atoms with Gasteiger partial charge in [-0.05, 0) is 38.0 Å². The van der Waals surface area contributed by atoms with Gasteiger partial charge in [0.2, 0.25) is 0 Å². The van der Waals surface area contributed by atoms with Crippen molar-refractivity contribution < 1.29 is 9.47 Å². The molecule has 2 saturated heterocycles. The highest BCUT2D eigenvalue weighted by Crippen LogP contribution is 2.54. The second-order valence-electron chi connectivity index (χ2n) is 7.14. The summed E-state index contributed by atoms with van der Waals surface area (Å²) in [5.74, 6) is 0.596. The fraction of sp³-hybridized carbons (Fsp3) is 1.00. The molecule has 0 aliphatic carbocycles. The number of hydrogen-bond acceptors (Lipinski definition) is 2. The van der Waals surface area contributed by atoms with Gasteiger partial charge >= 0.3 is 0 Å². The number of rotatable bonds is 2. The Kier molecular flexibility index (Phi) is 3.11. The zero-order valence-electron chi connectivity index (χ0n) is 12.3. The van der Waals surface area contributed by atoms with E-state index in [1.54, 1.807) is 0 Å². The van der Waals surface area contributed by atoms with Gasteiger partial charge in [-0.2, -0.15) is 0 Å². The van der Waals surface area contributed by atoms with E-state index >= 15 is 0 Å². The van der Waals surface area contributed by atoms with Crippen LogP contribution in [-0.4, -0.2) is 17.5 Å². The van der Waals surface area contributed by atoms with Crippen LogP contribution in [0.2, 0.25) is 0 Å². The van der Waals surface area contributed by atoms with E-state index in [9.17, 15) is 0 Å². The van der Waals surface area contributed by atoms with Crippen molar-refractivity contribution in [1.29, 1.82) is 0 Å². The molecule has 2 aliphatic heterocycles. The Balaban J connectivity index is 2.10. The van der Waals surface area contributed by atoms with Crippen molar-refractivity contribution >= 4 is 0 Å². The van der Waals surface area contributed by atoms with E-state index < -0.39 is 0 Å². The molecule has 0 spiro atoms. The molecule has 0 bridgehead atoms. The fourth-order valence-electron chi connectivity index (χ4n) is 3.25. The fourth-order valence-corrected chi connectivity index (χ4v) is 3.25. The van der Waals surface area contributed by atoms with Gasteiger partial charge in [0.1, 0.15) is 0 Å². The number of ether oxygens (including phenoxy) is 2. The van der Waals surface area contributed by atoms with E-state index in [0.717, 1.165) is 19.3 Å². The van der Waals surface area contributed by atoms with E-state index in [2.05, 4.69) is 41.5 Å². The van der Waals surface area contributed by atoms with Crippen LogP contribution < -0.4 is 0 Å². The molecule has 0 amide bonds. The summed E-state index contributed by atoms with van der Waals surface area (Å²) < 4.78 is 12.5. The lowest BCUT2D eigenvalue weighted by Gasteiger charge is -2.40. The highest BCUT2D eigenvalue weighted by Gasteiger charge is 2.56. The predicted molar refractivity (Wildman–Crippen MR) is 69.9 cm³/mol. The van der Waals surface area contributed by atoms with Gasteiger partial charge in [-0.15, -0.1) is 0 Å². The molecule has 3 atom stereocenters. The molecule has 0 aromatic heterocycles. The van der Waals surface area contributed by atoms with Crippen LogP contribution in [-0.2, 0) is 9.47 Å². The van der Waals surface area contributed by atoms with Gasteiger partial charge < -0.3 is 9.47 Å². The average molecular weight is 240 g/mol. The highest BCUT2D eigenvalue weighted by atomic mass is 16.7. The SMILES string of the molecule is CCC1(CC)C[C@@H]2C[C@](C)(C(C)(C)C)O[C@@H]2O1. The van der Waals surface area contributed by atoms with Crippen molar-refractivity contribution in [3.05, 3.63) is 0 Å². The summed E-state index contributed by atoms with van der Waals surface area (Å²) in [6.07, 6.45) is 4.57. The first kappa shape index (κ1) is 13.4. The van der Waals surface area contributed by atoms with Crippen LogP contribution in [0.5, 0.6) is 0 Å². The summed E-state index contributed by atoms with van der Waals surface area (Å²) in [5, 5.41) is 0. The van der Waals surface area contributed by atoms with Gasteiger partial charge in [0, 0.05) is 5.92 Å². The second kappa shape index (κ2) is 3.96. The summed E-state index contributed by atoms with van der Waals surface area (Å²) in [7, 11) is 0. The lowest BCUT2D eigenvalue weighted by atomic mass is 9.73. The van der Waals surface area contributed by atoms with Gasteiger partial charge in [0.15, 0.2) is 6.29 Å². The molecule has 0 aromatic carbocycles. The molecule has 0 N–H and O–H groups in total. The Morgan fingerprint density at radius 2 is 1.65 bits per heavy atom. The van der Waals surface area contributed by atoms with E-state index in [4.69, 9.17) is 9.47 Å². The molecule has 0 aromatic rings. The molecule has 0 radical (unpaired) electrons. The van der Waals surface area contributed by atoms with Gasteiger partial charge in [-0.1, -0.05) is 34.6 Å². The topological polar surface area (TPSA) is 18.5 Å². The van der Waals surface area contributed by atoms with Gasteiger partial charge in [0.05, 0.1) is 11.2 Å². The maximum absolute atomic E-state index is 6.27. The second-order valence-corrected chi connectivity index (χ2v) is 7.14. The van der Waals surface area contributed by atoms with Gasteiger partial charge in [-0.3, -0.25) is 0 Å². The van der Waals surface area contributed by atoms with Crippen LogP contribution in [0, 0.1) is 11.3 Å². The van der Waals surface area contributed by atoms with E-state index in [-0.39, 0.29) is 22.9 Å². The summed E-state index contributed by atoms with van der Waals surface area (Å²) >= 11 is 0.